The monoisotopic (exact) mass is 363 g/mol. The minimum absolute atomic E-state index is 0.113. The van der Waals surface area contributed by atoms with Crippen LogP contribution in [0.5, 0.6) is 0 Å². The van der Waals surface area contributed by atoms with E-state index < -0.39 is 21.7 Å². The van der Waals surface area contributed by atoms with Crippen LogP contribution in [0.4, 0.5) is 15.8 Å². The molecule has 1 saturated heterocycles. The molecule has 0 bridgehead atoms. The molecule has 0 radical (unpaired) electrons. The van der Waals surface area contributed by atoms with Crippen LogP contribution in [0.15, 0.2) is 47.4 Å². The van der Waals surface area contributed by atoms with Crippen molar-refractivity contribution >= 4 is 27.3 Å². The molecule has 132 valence electrons. The van der Waals surface area contributed by atoms with Crippen LogP contribution in [-0.4, -0.2) is 31.7 Å². The number of hydrogen-bond donors (Lipinski definition) is 2. The highest BCUT2D eigenvalue weighted by atomic mass is 32.2. The van der Waals surface area contributed by atoms with Crippen LogP contribution in [0.3, 0.4) is 0 Å². The first-order valence-electron chi connectivity index (χ1n) is 7.84. The number of benzene rings is 2. The van der Waals surface area contributed by atoms with Gasteiger partial charge < -0.3 is 11.1 Å². The number of rotatable bonds is 4. The fraction of sp³-hybridized carbons (Fsp3) is 0.235. The quantitative estimate of drug-likeness (QED) is 0.816. The second-order valence-corrected chi connectivity index (χ2v) is 7.76. The van der Waals surface area contributed by atoms with Gasteiger partial charge in [-0.15, -0.1) is 0 Å². The van der Waals surface area contributed by atoms with Crippen LogP contribution < -0.4 is 11.1 Å². The van der Waals surface area contributed by atoms with Crippen molar-refractivity contribution in [1.82, 2.24) is 4.31 Å². The molecule has 0 aromatic heterocycles. The number of carbonyl (C=O) groups is 1. The molecule has 3 N–H and O–H groups in total. The molecule has 8 heteroatoms. The Balaban J connectivity index is 1.76. The van der Waals surface area contributed by atoms with Gasteiger partial charge in [0.1, 0.15) is 5.82 Å². The Morgan fingerprint density at radius 1 is 1.08 bits per heavy atom. The van der Waals surface area contributed by atoms with Crippen LogP contribution in [-0.2, 0) is 10.0 Å². The first-order valence-corrected chi connectivity index (χ1v) is 9.28. The Bertz CT molecular complexity index is 892. The van der Waals surface area contributed by atoms with Gasteiger partial charge in [0.05, 0.1) is 16.3 Å². The zero-order valence-electron chi connectivity index (χ0n) is 13.4. The van der Waals surface area contributed by atoms with E-state index in [1.165, 1.54) is 40.7 Å². The minimum Gasteiger partial charge on any atom is -0.397 e. The van der Waals surface area contributed by atoms with Gasteiger partial charge in [-0.05, 0) is 55.3 Å². The second-order valence-electron chi connectivity index (χ2n) is 5.82. The van der Waals surface area contributed by atoms with Crippen LogP contribution in [0.2, 0.25) is 0 Å². The molecular formula is C17H18FN3O3S. The van der Waals surface area contributed by atoms with Crippen molar-refractivity contribution in [3.63, 3.8) is 0 Å². The Labute approximate surface area is 145 Å². The summed E-state index contributed by atoms with van der Waals surface area (Å²) in [5, 5.41) is 2.58. The summed E-state index contributed by atoms with van der Waals surface area (Å²) in [6.45, 7) is 1.04. The van der Waals surface area contributed by atoms with E-state index in [-0.39, 0.29) is 16.1 Å². The Morgan fingerprint density at radius 3 is 2.32 bits per heavy atom. The SMILES string of the molecule is Nc1cc(F)ccc1NC(=O)c1ccc(S(=O)(=O)N2CCCC2)cc1. The normalized spacial score (nSPS) is 15.2. The molecule has 25 heavy (non-hydrogen) atoms. The van der Waals surface area contributed by atoms with Gasteiger partial charge in [0.15, 0.2) is 0 Å². The van der Waals surface area contributed by atoms with E-state index in [4.69, 9.17) is 5.73 Å². The number of anilines is 2. The lowest BCUT2D eigenvalue weighted by Gasteiger charge is -2.15. The van der Waals surface area contributed by atoms with E-state index in [1.54, 1.807) is 0 Å². The van der Waals surface area contributed by atoms with Crippen molar-refractivity contribution in [1.29, 1.82) is 0 Å². The predicted octanol–water partition coefficient (Wildman–Crippen LogP) is 2.44. The third-order valence-corrected chi connectivity index (χ3v) is 5.99. The first-order chi connectivity index (χ1) is 11.9. The number of carbonyl (C=O) groups excluding carboxylic acids is 1. The number of amides is 1. The zero-order valence-corrected chi connectivity index (χ0v) is 14.2. The van der Waals surface area contributed by atoms with Crippen molar-refractivity contribution in [2.75, 3.05) is 24.1 Å². The fourth-order valence-electron chi connectivity index (χ4n) is 2.70. The zero-order chi connectivity index (χ0) is 18.0. The number of halogens is 1. The number of nitrogens with zero attached hydrogens (tertiary/aromatic N) is 1. The highest BCUT2D eigenvalue weighted by Crippen LogP contribution is 2.22. The summed E-state index contributed by atoms with van der Waals surface area (Å²) in [5.74, 6) is -0.949. The molecule has 0 aliphatic carbocycles. The van der Waals surface area contributed by atoms with Crippen molar-refractivity contribution in [2.24, 2.45) is 0 Å². The standard InChI is InChI=1S/C17H18FN3O3S/c18-13-5-8-16(15(19)11-13)20-17(22)12-3-6-14(7-4-12)25(23,24)21-9-1-2-10-21/h3-8,11H,1-2,9-10,19H2,(H,20,22). The summed E-state index contributed by atoms with van der Waals surface area (Å²) < 4.78 is 39.4. The summed E-state index contributed by atoms with van der Waals surface area (Å²) in [6, 6.07) is 9.39. The lowest BCUT2D eigenvalue weighted by Crippen LogP contribution is -2.27. The van der Waals surface area contributed by atoms with Crippen molar-refractivity contribution < 1.29 is 17.6 Å². The van der Waals surface area contributed by atoms with E-state index in [1.807, 2.05) is 0 Å². The van der Waals surface area contributed by atoms with E-state index in [9.17, 15) is 17.6 Å². The van der Waals surface area contributed by atoms with Crippen molar-refractivity contribution in [2.45, 2.75) is 17.7 Å². The van der Waals surface area contributed by atoms with Crippen LogP contribution in [0, 0.1) is 5.82 Å². The molecular weight excluding hydrogens is 345 g/mol. The van der Waals surface area contributed by atoms with E-state index in [2.05, 4.69) is 5.32 Å². The molecule has 6 nitrogen and oxygen atoms in total. The van der Waals surface area contributed by atoms with Gasteiger partial charge in [-0.3, -0.25) is 4.79 Å². The molecule has 1 fully saturated rings. The molecule has 2 aromatic carbocycles. The molecule has 3 rings (SSSR count). The summed E-state index contributed by atoms with van der Waals surface area (Å²) in [4.78, 5) is 12.4. The number of nitrogens with one attached hydrogen (secondary N) is 1. The third-order valence-electron chi connectivity index (χ3n) is 4.08. The molecule has 0 unspecified atom stereocenters. The van der Waals surface area contributed by atoms with E-state index >= 15 is 0 Å². The summed E-state index contributed by atoms with van der Waals surface area (Å²) in [5.41, 5.74) is 6.35. The van der Waals surface area contributed by atoms with Gasteiger partial charge in [-0.2, -0.15) is 4.31 Å². The lowest BCUT2D eigenvalue weighted by molar-refractivity contribution is 0.102. The van der Waals surface area contributed by atoms with E-state index in [0.29, 0.717) is 18.8 Å². The largest absolute Gasteiger partial charge is 0.397 e. The fourth-order valence-corrected chi connectivity index (χ4v) is 4.21. The first kappa shape index (κ1) is 17.4. The van der Waals surface area contributed by atoms with Gasteiger partial charge in [0.2, 0.25) is 10.0 Å². The molecule has 0 atom stereocenters. The number of nitrogens with two attached hydrogens (primary N) is 1. The van der Waals surface area contributed by atoms with E-state index in [0.717, 1.165) is 18.9 Å². The smallest absolute Gasteiger partial charge is 0.255 e. The number of hydrogen-bond acceptors (Lipinski definition) is 4. The molecule has 0 spiro atoms. The van der Waals surface area contributed by atoms with Crippen LogP contribution in [0.1, 0.15) is 23.2 Å². The highest BCUT2D eigenvalue weighted by molar-refractivity contribution is 7.89. The van der Waals surface area contributed by atoms with Crippen molar-refractivity contribution in [3.8, 4) is 0 Å². The summed E-state index contributed by atoms with van der Waals surface area (Å²) in [7, 11) is -3.51. The molecule has 1 aliphatic rings. The lowest BCUT2D eigenvalue weighted by atomic mass is 10.2. The third kappa shape index (κ3) is 3.64. The van der Waals surface area contributed by atoms with Gasteiger partial charge in [0.25, 0.3) is 5.91 Å². The topological polar surface area (TPSA) is 92.5 Å². The number of nitrogen functional groups attached to an aromatic ring is 1. The maximum atomic E-state index is 13.0. The van der Waals surface area contributed by atoms with Gasteiger partial charge in [-0.25, -0.2) is 12.8 Å². The van der Waals surface area contributed by atoms with Gasteiger partial charge in [0, 0.05) is 18.7 Å². The minimum atomic E-state index is -3.51. The van der Waals surface area contributed by atoms with Gasteiger partial charge >= 0.3 is 0 Å². The average molecular weight is 363 g/mol. The number of sulfonamides is 1. The maximum Gasteiger partial charge on any atom is 0.255 e. The molecule has 0 saturated carbocycles. The Hall–Kier alpha value is -2.45. The van der Waals surface area contributed by atoms with Gasteiger partial charge in [-0.1, -0.05) is 0 Å². The Kier molecular flexibility index (Phi) is 4.73. The average Bonchev–Trinajstić information content (AvgIpc) is 3.13. The summed E-state index contributed by atoms with van der Waals surface area (Å²) in [6.07, 6.45) is 1.72. The second kappa shape index (κ2) is 6.81. The predicted molar refractivity (Wildman–Crippen MR) is 93.2 cm³/mol. The molecule has 1 aliphatic heterocycles. The molecule has 2 aromatic rings. The molecule has 1 amide bonds. The molecule has 1 heterocycles. The maximum absolute atomic E-state index is 13.0. The summed E-state index contributed by atoms with van der Waals surface area (Å²) >= 11 is 0. The van der Waals surface area contributed by atoms with Crippen LogP contribution >= 0.6 is 0 Å². The highest BCUT2D eigenvalue weighted by Gasteiger charge is 2.27. The Morgan fingerprint density at radius 2 is 1.72 bits per heavy atom. The van der Waals surface area contributed by atoms with Crippen molar-refractivity contribution in [3.05, 3.63) is 53.8 Å². The van der Waals surface area contributed by atoms with Crippen LogP contribution in [0.25, 0.3) is 0 Å².